The predicted molar refractivity (Wildman–Crippen MR) is 92.0 cm³/mol. The summed E-state index contributed by atoms with van der Waals surface area (Å²) >= 11 is 0. The van der Waals surface area contributed by atoms with Crippen LogP contribution in [0.3, 0.4) is 0 Å². The van der Waals surface area contributed by atoms with Crippen molar-refractivity contribution in [3.05, 3.63) is 60.4 Å². The van der Waals surface area contributed by atoms with Gasteiger partial charge in [0.25, 0.3) is 0 Å². The number of ether oxygens (including phenoxy) is 1. The second-order valence-electron chi connectivity index (χ2n) is 5.81. The highest BCUT2D eigenvalue weighted by Crippen LogP contribution is 2.08. The van der Waals surface area contributed by atoms with Crippen LogP contribution in [0.1, 0.15) is 11.6 Å². The van der Waals surface area contributed by atoms with Crippen molar-refractivity contribution in [2.75, 3.05) is 38.2 Å². The average Bonchev–Trinajstić information content (AvgIpc) is 2.64. The lowest BCUT2D eigenvalue weighted by Gasteiger charge is -2.31. The molecule has 1 saturated heterocycles. The number of amides is 2. The number of aromatic nitrogens is 1. The Balaban J connectivity index is 1.62. The Morgan fingerprint density at radius 3 is 2.67 bits per heavy atom. The first-order valence-corrected chi connectivity index (χ1v) is 8.25. The van der Waals surface area contributed by atoms with E-state index in [0.717, 1.165) is 37.6 Å². The molecule has 2 amide bonds. The summed E-state index contributed by atoms with van der Waals surface area (Å²) in [6.07, 6.45) is 3.65. The van der Waals surface area contributed by atoms with Crippen LogP contribution < -0.4 is 15.5 Å². The van der Waals surface area contributed by atoms with E-state index in [1.54, 1.807) is 6.20 Å². The molecule has 6 heteroatoms. The van der Waals surface area contributed by atoms with E-state index in [1.807, 2.05) is 42.6 Å². The minimum atomic E-state index is -0.192. The molecule has 24 heavy (non-hydrogen) atoms. The number of hydrogen-bond donors (Lipinski definition) is 3. The molecule has 0 saturated carbocycles. The van der Waals surface area contributed by atoms with Crippen molar-refractivity contribution >= 4 is 11.7 Å². The van der Waals surface area contributed by atoms with Gasteiger partial charge in [-0.2, -0.15) is 0 Å². The van der Waals surface area contributed by atoms with Gasteiger partial charge in [0.05, 0.1) is 19.8 Å². The molecule has 6 nitrogen and oxygen atoms in total. The van der Waals surface area contributed by atoms with Crippen LogP contribution in [0.2, 0.25) is 0 Å². The third-order valence-corrected chi connectivity index (χ3v) is 4.21. The number of quaternary nitrogens is 1. The van der Waals surface area contributed by atoms with Gasteiger partial charge in [-0.05, 0) is 24.3 Å². The third kappa shape index (κ3) is 4.53. The van der Waals surface area contributed by atoms with E-state index in [1.165, 1.54) is 4.90 Å². The normalized spacial score (nSPS) is 16.3. The largest absolute Gasteiger partial charge is 0.370 e. The Hall–Kier alpha value is -2.44. The van der Waals surface area contributed by atoms with E-state index in [-0.39, 0.29) is 12.1 Å². The average molecular weight is 327 g/mol. The molecule has 0 radical (unpaired) electrons. The van der Waals surface area contributed by atoms with Crippen molar-refractivity contribution in [1.82, 2.24) is 10.3 Å². The molecule has 0 spiro atoms. The Kier molecular flexibility index (Phi) is 5.76. The van der Waals surface area contributed by atoms with Crippen molar-refractivity contribution in [1.29, 1.82) is 0 Å². The Bertz CT molecular complexity index is 630. The number of nitrogens with one attached hydrogen (secondary N) is 3. The monoisotopic (exact) mass is 327 g/mol. The van der Waals surface area contributed by atoms with Gasteiger partial charge in [-0.1, -0.05) is 18.2 Å². The predicted octanol–water partition coefficient (Wildman–Crippen LogP) is 0.860. The first-order chi connectivity index (χ1) is 11.8. The van der Waals surface area contributed by atoms with Gasteiger partial charge in [-0.25, -0.2) is 4.79 Å². The second-order valence-corrected chi connectivity index (χ2v) is 5.81. The van der Waals surface area contributed by atoms with E-state index in [0.29, 0.717) is 6.54 Å². The zero-order chi connectivity index (χ0) is 16.6. The van der Waals surface area contributed by atoms with Gasteiger partial charge in [-0.15, -0.1) is 0 Å². The first kappa shape index (κ1) is 16.4. The third-order valence-electron chi connectivity index (χ3n) is 4.21. The van der Waals surface area contributed by atoms with Crippen LogP contribution in [0, 0.1) is 0 Å². The first-order valence-electron chi connectivity index (χ1n) is 8.25. The highest BCUT2D eigenvalue weighted by Gasteiger charge is 2.26. The highest BCUT2D eigenvalue weighted by molar-refractivity contribution is 5.89. The molecule has 1 unspecified atom stereocenters. The Morgan fingerprint density at radius 1 is 1.17 bits per heavy atom. The summed E-state index contributed by atoms with van der Waals surface area (Å²) in [7, 11) is 0. The summed E-state index contributed by atoms with van der Waals surface area (Å²) in [4.78, 5) is 17.8. The van der Waals surface area contributed by atoms with Crippen LogP contribution in [0.15, 0.2) is 54.9 Å². The number of para-hydroxylation sites is 1. The van der Waals surface area contributed by atoms with Crippen LogP contribution in [-0.2, 0) is 4.74 Å². The van der Waals surface area contributed by atoms with Gasteiger partial charge in [-0.3, -0.25) is 4.98 Å². The molecule has 1 fully saturated rings. The lowest BCUT2D eigenvalue weighted by Crippen LogP contribution is -3.15. The highest BCUT2D eigenvalue weighted by atomic mass is 16.5. The van der Waals surface area contributed by atoms with Crippen LogP contribution in [0.5, 0.6) is 0 Å². The van der Waals surface area contributed by atoms with Gasteiger partial charge in [0.2, 0.25) is 0 Å². The molecule has 1 aliphatic rings. The quantitative estimate of drug-likeness (QED) is 0.763. The second kappa shape index (κ2) is 8.42. The molecule has 0 bridgehead atoms. The number of anilines is 1. The molecule has 3 rings (SSSR count). The lowest BCUT2D eigenvalue weighted by molar-refractivity contribution is -0.937. The number of hydrogen-bond acceptors (Lipinski definition) is 3. The summed E-state index contributed by atoms with van der Waals surface area (Å²) in [5, 5.41) is 5.84. The van der Waals surface area contributed by atoms with E-state index in [9.17, 15) is 4.79 Å². The van der Waals surface area contributed by atoms with Crippen LogP contribution in [0.4, 0.5) is 10.5 Å². The minimum Gasteiger partial charge on any atom is -0.370 e. The number of urea groups is 1. The molecule has 2 aromatic rings. The standard InChI is InChI=1S/C18H22N4O2/c23-18(21-16-6-2-1-3-7-16)20-14-17(15-5-4-8-19-13-15)22-9-11-24-12-10-22/h1-8,13,17H,9-12,14H2,(H2,20,21,23)/p+1. The van der Waals surface area contributed by atoms with Gasteiger partial charge in [0.15, 0.2) is 0 Å². The van der Waals surface area contributed by atoms with Crippen LogP contribution in [0.25, 0.3) is 0 Å². The van der Waals surface area contributed by atoms with Gasteiger partial charge in [0, 0.05) is 23.6 Å². The van der Waals surface area contributed by atoms with E-state index in [2.05, 4.69) is 21.7 Å². The zero-order valence-electron chi connectivity index (χ0n) is 13.6. The fraction of sp³-hybridized carbons (Fsp3) is 0.333. The number of morpholine rings is 1. The topological polar surface area (TPSA) is 67.7 Å². The molecule has 3 N–H and O–H groups in total. The molecular formula is C18H23N4O2+. The maximum absolute atomic E-state index is 12.2. The van der Waals surface area contributed by atoms with Gasteiger partial charge >= 0.3 is 6.03 Å². The van der Waals surface area contributed by atoms with Crippen LogP contribution >= 0.6 is 0 Å². The fourth-order valence-corrected chi connectivity index (χ4v) is 2.95. The number of rotatable bonds is 5. The fourth-order valence-electron chi connectivity index (χ4n) is 2.95. The summed E-state index contributed by atoms with van der Waals surface area (Å²) < 4.78 is 5.45. The summed E-state index contributed by atoms with van der Waals surface area (Å²) in [5.74, 6) is 0. The molecule has 1 aromatic heterocycles. The van der Waals surface area contributed by atoms with Gasteiger partial charge in [0.1, 0.15) is 19.1 Å². The summed E-state index contributed by atoms with van der Waals surface area (Å²) in [6, 6.07) is 13.4. The van der Waals surface area contributed by atoms with Crippen LogP contribution in [-0.4, -0.2) is 43.9 Å². The molecule has 1 aromatic carbocycles. The number of carbonyl (C=O) groups is 1. The molecule has 1 aliphatic heterocycles. The molecule has 1 atom stereocenters. The van der Waals surface area contributed by atoms with E-state index >= 15 is 0 Å². The van der Waals surface area contributed by atoms with Gasteiger partial charge < -0.3 is 20.3 Å². The maximum atomic E-state index is 12.2. The Labute approximate surface area is 141 Å². The van der Waals surface area contributed by atoms with Crippen molar-refractivity contribution in [3.8, 4) is 0 Å². The molecular weight excluding hydrogens is 304 g/mol. The van der Waals surface area contributed by atoms with Crippen molar-refractivity contribution in [3.63, 3.8) is 0 Å². The van der Waals surface area contributed by atoms with E-state index in [4.69, 9.17) is 4.74 Å². The van der Waals surface area contributed by atoms with E-state index < -0.39 is 0 Å². The van der Waals surface area contributed by atoms with Crippen molar-refractivity contribution in [2.45, 2.75) is 6.04 Å². The SMILES string of the molecule is O=C(NCC(c1cccnc1)[NH+]1CCOCC1)Nc1ccccc1. The smallest absolute Gasteiger partial charge is 0.319 e. The number of benzene rings is 1. The molecule has 0 aliphatic carbocycles. The lowest BCUT2D eigenvalue weighted by atomic mass is 10.1. The van der Waals surface area contributed by atoms with Crippen molar-refractivity contribution < 1.29 is 14.4 Å². The summed E-state index contributed by atoms with van der Waals surface area (Å²) in [6.45, 7) is 3.92. The maximum Gasteiger partial charge on any atom is 0.319 e. The summed E-state index contributed by atoms with van der Waals surface area (Å²) in [5.41, 5.74) is 1.92. The molecule has 126 valence electrons. The molecule has 2 heterocycles. The number of carbonyl (C=O) groups excluding carboxylic acids is 1. The number of nitrogens with zero attached hydrogens (tertiary/aromatic N) is 1. The minimum absolute atomic E-state index is 0.170. The zero-order valence-corrected chi connectivity index (χ0v) is 13.6. The number of pyridine rings is 1. The van der Waals surface area contributed by atoms with Crippen molar-refractivity contribution in [2.24, 2.45) is 0 Å². The Morgan fingerprint density at radius 2 is 1.96 bits per heavy atom.